The first-order chi connectivity index (χ1) is 8.60. The van der Waals surface area contributed by atoms with Gasteiger partial charge in [-0.25, -0.2) is 4.39 Å². The van der Waals surface area contributed by atoms with Crippen molar-refractivity contribution in [3.05, 3.63) is 45.9 Å². The molecule has 0 saturated carbocycles. The Balaban J connectivity index is 2.10. The van der Waals surface area contributed by atoms with Crippen LogP contribution in [0.5, 0.6) is 5.75 Å². The van der Waals surface area contributed by atoms with Crippen LogP contribution in [0.15, 0.2) is 30.3 Å². The van der Waals surface area contributed by atoms with Crippen LogP contribution in [0.1, 0.15) is 29.6 Å². The van der Waals surface area contributed by atoms with Crippen molar-refractivity contribution in [2.45, 2.75) is 26.3 Å². The fraction of sp³-hybridized carbons (Fsp3) is 0.286. The Hall–Kier alpha value is -1.55. The third-order valence-corrected chi connectivity index (χ3v) is 4.20. The number of hydrogen-bond acceptors (Lipinski definition) is 3. The maximum Gasteiger partial charge on any atom is 0.166 e. The molecule has 18 heavy (non-hydrogen) atoms. The second-order valence-electron chi connectivity index (χ2n) is 4.19. The van der Waals surface area contributed by atoms with Crippen molar-refractivity contribution in [2.75, 3.05) is 5.32 Å². The number of thiophene rings is 1. The average molecular weight is 265 g/mol. The number of anilines is 1. The normalized spacial score (nSPS) is 12.4. The SMILES string of the molecule is CCc1ccc(C(C)Nc2ccc(O)c(F)c2)s1. The van der Waals surface area contributed by atoms with Crippen molar-refractivity contribution in [3.8, 4) is 5.75 Å². The smallest absolute Gasteiger partial charge is 0.166 e. The van der Waals surface area contributed by atoms with Crippen LogP contribution in [0.3, 0.4) is 0 Å². The molecule has 1 aromatic heterocycles. The number of hydrogen-bond donors (Lipinski definition) is 2. The fourth-order valence-corrected chi connectivity index (χ4v) is 2.69. The van der Waals surface area contributed by atoms with E-state index in [1.165, 1.54) is 21.9 Å². The van der Waals surface area contributed by atoms with E-state index in [-0.39, 0.29) is 11.8 Å². The first-order valence-electron chi connectivity index (χ1n) is 5.93. The van der Waals surface area contributed by atoms with Crippen LogP contribution >= 0.6 is 11.3 Å². The predicted molar refractivity (Wildman–Crippen MR) is 73.8 cm³/mol. The summed E-state index contributed by atoms with van der Waals surface area (Å²) in [7, 11) is 0. The molecule has 0 aliphatic rings. The summed E-state index contributed by atoms with van der Waals surface area (Å²) in [5, 5.41) is 12.4. The van der Waals surface area contributed by atoms with Crippen LogP contribution in [0.2, 0.25) is 0 Å². The second kappa shape index (κ2) is 5.40. The molecule has 0 fully saturated rings. The van der Waals surface area contributed by atoms with Crippen LogP contribution in [0, 0.1) is 5.82 Å². The number of halogens is 1. The van der Waals surface area contributed by atoms with E-state index < -0.39 is 5.82 Å². The number of phenolic OH excluding ortho intramolecular Hbond substituents is 1. The van der Waals surface area contributed by atoms with E-state index >= 15 is 0 Å². The summed E-state index contributed by atoms with van der Waals surface area (Å²) in [5.41, 5.74) is 0.671. The van der Waals surface area contributed by atoms with Crippen LogP contribution in [-0.4, -0.2) is 5.11 Å². The quantitative estimate of drug-likeness (QED) is 0.806. The lowest BCUT2D eigenvalue weighted by atomic mass is 10.2. The molecule has 2 aromatic rings. The van der Waals surface area contributed by atoms with Crippen molar-refractivity contribution in [1.82, 2.24) is 0 Å². The van der Waals surface area contributed by atoms with Crippen molar-refractivity contribution in [1.29, 1.82) is 0 Å². The third kappa shape index (κ3) is 2.82. The number of aromatic hydroxyl groups is 1. The molecular weight excluding hydrogens is 249 g/mol. The number of aryl methyl sites for hydroxylation is 1. The first kappa shape index (κ1) is 12.9. The van der Waals surface area contributed by atoms with E-state index in [0.717, 1.165) is 6.42 Å². The molecule has 0 radical (unpaired) electrons. The Bertz CT molecular complexity index is 538. The summed E-state index contributed by atoms with van der Waals surface area (Å²) in [4.78, 5) is 2.57. The minimum Gasteiger partial charge on any atom is -0.505 e. The number of phenols is 1. The topological polar surface area (TPSA) is 32.3 Å². The molecule has 1 unspecified atom stereocenters. The fourth-order valence-electron chi connectivity index (χ4n) is 1.74. The second-order valence-corrected chi connectivity index (χ2v) is 5.39. The van der Waals surface area contributed by atoms with E-state index in [0.29, 0.717) is 5.69 Å². The molecule has 1 atom stereocenters. The number of nitrogens with one attached hydrogen (secondary N) is 1. The molecular formula is C14H16FNOS. The molecule has 2 rings (SSSR count). The third-order valence-electron chi connectivity index (χ3n) is 2.79. The highest BCUT2D eigenvalue weighted by molar-refractivity contribution is 7.12. The predicted octanol–water partition coefficient (Wildman–Crippen LogP) is 4.33. The Morgan fingerprint density at radius 2 is 2.11 bits per heavy atom. The highest BCUT2D eigenvalue weighted by atomic mass is 32.1. The molecule has 4 heteroatoms. The van der Waals surface area contributed by atoms with Gasteiger partial charge in [-0.15, -0.1) is 11.3 Å². The van der Waals surface area contributed by atoms with E-state index in [9.17, 15) is 4.39 Å². The highest BCUT2D eigenvalue weighted by Gasteiger charge is 2.09. The summed E-state index contributed by atoms with van der Waals surface area (Å²) in [5.74, 6) is -0.926. The largest absolute Gasteiger partial charge is 0.505 e. The summed E-state index contributed by atoms with van der Waals surface area (Å²) >= 11 is 1.76. The summed E-state index contributed by atoms with van der Waals surface area (Å²) in [6.45, 7) is 4.17. The van der Waals surface area contributed by atoms with E-state index in [4.69, 9.17) is 5.11 Å². The van der Waals surface area contributed by atoms with Gasteiger partial charge in [0, 0.05) is 21.5 Å². The molecule has 1 heterocycles. The Morgan fingerprint density at radius 1 is 1.33 bits per heavy atom. The van der Waals surface area contributed by atoms with Crippen molar-refractivity contribution < 1.29 is 9.50 Å². The molecule has 1 aromatic carbocycles. The Kier molecular flexibility index (Phi) is 3.87. The number of benzene rings is 1. The van der Waals surface area contributed by atoms with Crippen LogP contribution < -0.4 is 5.32 Å². The molecule has 2 nitrogen and oxygen atoms in total. The van der Waals surface area contributed by atoms with Crippen LogP contribution in [0.25, 0.3) is 0 Å². The van der Waals surface area contributed by atoms with Gasteiger partial charge in [0.1, 0.15) is 0 Å². The maximum absolute atomic E-state index is 13.2. The van der Waals surface area contributed by atoms with Gasteiger partial charge in [-0.1, -0.05) is 6.92 Å². The lowest BCUT2D eigenvalue weighted by molar-refractivity contribution is 0.432. The Labute approximate surface area is 110 Å². The van der Waals surface area contributed by atoms with Crippen molar-refractivity contribution >= 4 is 17.0 Å². The molecule has 96 valence electrons. The van der Waals surface area contributed by atoms with Gasteiger partial charge in [0.2, 0.25) is 0 Å². The zero-order chi connectivity index (χ0) is 13.1. The molecule has 0 bridgehead atoms. The van der Waals surface area contributed by atoms with Crippen LogP contribution in [0.4, 0.5) is 10.1 Å². The van der Waals surface area contributed by atoms with Crippen LogP contribution in [-0.2, 0) is 6.42 Å². The molecule has 0 amide bonds. The highest BCUT2D eigenvalue weighted by Crippen LogP contribution is 2.28. The van der Waals surface area contributed by atoms with Gasteiger partial charge in [-0.3, -0.25) is 0 Å². The lowest BCUT2D eigenvalue weighted by Gasteiger charge is -2.14. The van der Waals surface area contributed by atoms with Gasteiger partial charge < -0.3 is 10.4 Å². The summed E-state index contributed by atoms with van der Waals surface area (Å²) < 4.78 is 13.2. The summed E-state index contributed by atoms with van der Waals surface area (Å²) in [6.07, 6.45) is 1.03. The summed E-state index contributed by atoms with van der Waals surface area (Å²) in [6, 6.07) is 8.67. The Morgan fingerprint density at radius 3 is 2.72 bits per heavy atom. The maximum atomic E-state index is 13.2. The van der Waals surface area contributed by atoms with E-state index in [1.54, 1.807) is 17.4 Å². The number of rotatable bonds is 4. The molecule has 0 spiro atoms. The molecule has 0 aliphatic heterocycles. The molecule has 0 saturated heterocycles. The van der Waals surface area contributed by atoms with Crippen molar-refractivity contribution in [3.63, 3.8) is 0 Å². The van der Waals surface area contributed by atoms with Gasteiger partial charge in [0.15, 0.2) is 11.6 Å². The van der Waals surface area contributed by atoms with Gasteiger partial charge in [0.05, 0.1) is 6.04 Å². The minimum absolute atomic E-state index is 0.124. The van der Waals surface area contributed by atoms with Gasteiger partial charge in [0.25, 0.3) is 0 Å². The van der Waals surface area contributed by atoms with E-state index in [1.807, 2.05) is 6.92 Å². The van der Waals surface area contributed by atoms with Gasteiger partial charge in [-0.2, -0.15) is 0 Å². The van der Waals surface area contributed by atoms with E-state index in [2.05, 4.69) is 24.4 Å². The zero-order valence-corrected chi connectivity index (χ0v) is 11.2. The lowest BCUT2D eigenvalue weighted by Crippen LogP contribution is -2.04. The van der Waals surface area contributed by atoms with Gasteiger partial charge >= 0.3 is 0 Å². The minimum atomic E-state index is -0.604. The molecule has 2 N–H and O–H groups in total. The zero-order valence-electron chi connectivity index (χ0n) is 10.4. The first-order valence-corrected chi connectivity index (χ1v) is 6.75. The average Bonchev–Trinajstić information content (AvgIpc) is 2.82. The van der Waals surface area contributed by atoms with Gasteiger partial charge in [-0.05, 0) is 37.6 Å². The monoisotopic (exact) mass is 265 g/mol. The molecule has 0 aliphatic carbocycles. The standard InChI is InChI=1S/C14H16FNOS/c1-3-11-5-7-14(18-11)9(2)16-10-4-6-13(17)12(15)8-10/h4-9,16-17H,3H2,1-2H3. The van der Waals surface area contributed by atoms with Crippen molar-refractivity contribution in [2.24, 2.45) is 0 Å².